The van der Waals surface area contributed by atoms with Crippen LogP contribution in [0.4, 0.5) is 0 Å². The van der Waals surface area contributed by atoms with Crippen LogP contribution in [0.3, 0.4) is 0 Å². The largest absolute Gasteiger partial charge is 0.487 e. The molecule has 0 atom stereocenters. The maximum absolute atomic E-state index is 12.1. The summed E-state index contributed by atoms with van der Waals surface area (Å²) >= 11 is 0. The fourth-order valence-corrected chi connectivity index (χ4v) is 1.83. The second-order valence-electron chi connectivity index (χ2n) is 4.68. The van der Waals surface area contributed by atoms with Gasteiger partial charge in [0.1, 0.15) is 12.4 Å². The van der Waals surface area contributed by atoms with Crippen molar-refractivity contribution in [2.75, 3.05) is 20.2 Å². The Balaban J connectivity index is 1.90. The van der Waals surface area contributed by atoms with Crippen LogP contribution in [-0.2, 0) is 6.61 Å². The average molecular weight is 289 g/mol. The van der Waals surface area contributed by atoms with Crippen LogP contribution in [0.2, 0.25) is 0 Å². The Morgan fingerprint density at radius 2 is 2.14 bits per heavy atom. The van der Waals surface area contributed by atoms with Gasteiger partial charge in [0.25, 0.3) is 5.91 Å². The molecule has 1 heterocycles. The molecule has 0 unspecified atom stereocenters. The zero-order valence-electron chi connectivity index (χ0n) is 12.0. The van der Waals surface area contributed by atoms with Crippen LogP contribution in [0.1, 0.15) is 22.6 Å². The van der Waals surface area contributed by atoms with Crippen molar-refractivity contribution in [1.29, 1.82) is 0 Å². The monoisotopic (exact) mass is 289 g/mol. The molecule has 1 aromatic carbocycles. The third-order valence-corrected chi connectivity index (χ3v) is 2.99. The van der Waals surface area contributed by atoms with Crippen LogP contribution in [0.5, 0.6) is 5.75 Å². The molecule has 0 saturated heterocycles. The molecule has 2 N–H and O–H groups in total. The van der Waals surface area contributed by atoms with Gasteiger partial charge in [0.15, 0.2) is 5.69 Å². The summed E-state index contributed by atoms with van der Waals surface area (Å²) < 4.78 is 5.58. The SMILES string of the molecule is CN(CCCO)C(=O)c1cc(COc2ccccc2)[nH]n1. The van der Waals surface area contributed by atoms with Gasteiger partial charge < -0.3 is 14.7 Å². The van der Waals surface area contributed by atoms with Crippen molar-refractivity contribution in [1.82, 2.24) is 15.1 Å². The minimum absolute atomic E-state index is 0.0638. The van der Waals surface area contributed by atoms with Gasteiger partial charge in [0.05, 0.1) is 5.69 Å². The summed E-state index contributed by atoms with van der Waals surface area (Å²) in [5.41, 5.74) is 1.08. The number of para-hydroxylation sites is 1. The van der Waals surface area contributed by atoms with Gasteiger partial charge in [-0.25, -0.2) is 0 Å². The highest BCUT2D eigenvalue weighted by molar-refractivity contribution is 5.92. The molecular formula is C15H19N3O3. The number of benzene rings is 1. The number of amides is 1. The smallest absolute Gasteiger partial charge is 0.274 e. The van der Waals surface area contributed by atoms with Crippen LogP contribution in [-0.4, -0.2) is 46.3 Å². The van der Waals surface area contributed by atoms with Crippen molar-refractivity contribution in [2.45, 2.75) is 13.0 Å². The molecule has 0 bridgehead atoms. The second kappa shape index (κ2) is 7.44. The predicted molar refractivity (Wildman–Crippen MR) is 78.0 cm³/mol. The van der Waals surface area contributed by atoms with Crippen molar-refractivity contribution < 1.29 is 14.6 Å². The van der Waals surface area contributed by atoms with E-state index in [1.807, 2.05) is 30.3 Å². The molecule has 1 amide bonds. The van der Waals surface area contributed by atoms with Gasteiger partial charge in [-0.05, 0) is 24.6 Å². The summed E-state index contributed by atoms with van der Waals surface area (Å²) in [7, 11) is 1.69. The molecule has 2 aromatic rings. The minimum atomic E-state index is -0.175. The van der Waals surface area contributed by atoms with Crippen LogP contribution >= 0.6 is 0 Å². The van der Waals surface area contributed by atoms with Crippen LogP contribution in [0.25, 0.3) is 0 Å². The highest BCUT2D eigenvalue weighted by Crippen LogP contribution is 2.11. The lowest BCUT2D eigenvalue weighted by Crippen LogP contribution is -2.28. The first-order chi connectivity index (χ1) is 10.2. The number of aliphatic hydroxyl groups excluding tert-OH is 1. The van der Waals surface area contributed by atoms with E-state index >= 15 is 0 Å². The Labute approximate surface area is 123 Å². The first kappa shape index (κ1) is 15.1. The average Bonchev–Trinajstić information content (AvgIpc) is 2.99. The molecule has 112 valence electrons. The van der Waals surface area contributed by atoms with Gasteiger partial charge in [0, 0.05) is 20.2 Å². The Morgan fingerprint density at radius 1 is 1.38 bits per heavy atom. The highest BCUT2D eigenvalue weighted by Gasteiger charge is 2.15. The van der Waals surface area contributed by atoms with Crippen LogP contribution in [0.15, 0.2) is 36.4 Å². The Hall–Kier alpha value is -2.34. The lowest BCUT2D eigenvalue weighted by molar-refractivity contribution is 0.0780. The Morgan fingerprint density at radius 3 is 2.86 bits per heavy atom. The van der Waals surface area contributed by atoms with E-state index < -0.39 is 0 Å². The summed E-state index contributed by atoms with van der Waals surface area (Å²) in [6.45, 7) is 0.886. The predicted octanol–water partition coefficient (Wildman–Crippen LogP) is 1.44. The summed E-state index contributed by atoms with van der Waals surface area (Å²) in [6.07, 6.45) is 0.552. The van der Waals surface area contributed by atoms with Crippen molar-refractivity contribution in [3.63, 3.8) is 0 Å². The van der Waals surface area contributed by atoms with Gasteiger partial charge in [-0.15, -0.1) is 0 Å². The first-order valence-electron chi connectivity index (χ1n) is 6.79. The number of aliphatic hydroxyl groups is 1. The van der Waals surface area contributed by atoms with E-state index in [2.05, 4.69) is 10.2 Å². The van der Waals surface area contributed by atoms with Crippen molar-refractivity contribution in [3.05, 3.63) is 47.8 Å². The summed E-state index contributed by atoms with van der Waals surface area (Å²) in [5.74, 6) is 0.589. The number of hydrogen-bond donors (Lipinski definition) is 2. The minimum Gasteiger partial charge on any atom is -0.487 e. The first-order valence-corrected chi connectivity index (χ1v) is 6.79. The van der Waals surface area contributed by atoms with E-state index in [1.54, 1.807) is 13.1 Å². The van der Waals surface area contributed by atoms with E-state index in [9.17, 15) is 4.79 Å². The number of nitrogens with one attached hydrogen (secondary N) is 1. The number of aromatic nitrogens is 2. The maximum Gasteiger partial charge on any atom is 0.274 e. The van der Waals surface area contributed by atoms with Crippen LogP contribution < -0.4 is 4.74 Å². The van der Waals surface area contributed by atoms with E-state index in [-0.39, 0.29) is 12.5 Å². The number of ether oxygens (including phenoxy) is 1. The molecule has 0 aliphatic carbocycles. The van der Waals surface area contributed by atoms with Gasteiger partial charge in [0.2, 0.25) is 0 Å². The van der Waals surface area contributed by atoms with E-state index in [0.717, 1.165) is 11.4 Å². The van der Waals surface area contributed by atoms with E-state index in [4.69, 9.17) is 9.84 Å². The molecule has 2 rings (SSSR count). The van der Waals surface area contributed by atoms with Crippen molar-refractivity contribution in [3.8, 4) is 5.75 Å². The second-order valence-corrected chi connectivity index (χ2v) is 4.68. The van der Waals surface area contributed by atoms with Crippen LogP contribution in [0, 0.1) is 0 Å². The maximum atomic E-state index is 12.1. The number of H-pyrrole nitrogens is 1. The van der Waals surface area contributed by atoms with E-state index in [0.29, 0.717) is 25.3 Å². The molecular weight excluding hydrogens is 270 g/mol. The zero-order valence-corrected chi connectivity index (χ0v) is 12.0. The van der Waals surface area contributed by atoms with Gasteiger partial charge in [-0.2, -0.15) is 5.10 Å². The summed E-state index contributed by atoms with van der Waals surface area (Å²) in [5, 5.41) is 15.6. The fourth-order valence-electron chi connectivity index (χ4n) is 1.83. The summed E-state index contributed by atoms with van der Waals surface area (Å²) in [4.78, 5) is 13.6. The molecule has 0 aliphatic rings. The van der Waals surface area contributed by atoms with Crippen molar-refractivity contribution in [2.24, 2.45) is 0 Å². The topological polar surface area (TPSA) is 78.5 Å². The third kappa shape index (κ3) is 4.32. The van der Waals surface area contributed by atoms with Gasteiger partial charge in [-0.1, -0.05) is 18.2 Å². The quantitative estimate of drug-likeness (QED) is 0.808. The van der Waals surface area contributed by atoms with Crippen molar-refractivity contribution >= 4 is 5.91 Å². The molecule has 6 heteroatoms. The molecule has 21 heavy (non-hydrogen) atoms. The number of rotatable bonds is 7. The molecule has 1 aromatic heterocycles. The number of aromatic amines is 1. The molecule has 0 radical (unpaired) electrons. The standard InChI is InChI=1S/C15H19N3O3/c1-18(8-5-9-19)15(20)14-10-12(16-17-14)11-21-13-6-3-2-4-7-13/h2-4,6-7,10,19H,5,8-9,11H2,1H3,(H,16,17). The Bertz CT molecular complexity index is 569. The molecule has 0 spiro atoms. The van der Waals surface area contributed by atoms with Gasteiger partial charge >= 0.3 is 0 Å². The normalized spacial score (nSPS) is 10.4. The van der Waals surface area contributed by atoms with Gasteiger partial charge in [-0.3, -0.25) is 9.89 Å². The highest BCUT2D eigenvalue weighted by atomic mass is 16.5. The number of carbonyl (C=O) groups excluding carboxylic acids is 1. The number of hydrogen-bond acceptors (Lipinski definition) is 4. The molecule has 0 aliphatic heterocycles. The molecule has 6 nitrogen and oxygen atoms in total. The fraction of sp³-hybridized carbons (Fsp3) is 0.333. The number of carbonyl (C=O) groups is 1. The third-order valence-electron chi connectivity index (χ3n) is 2.99. The molecule has 0 saturated carbocycles. The molecule has 0 fully saturated rings. The zero-order chi connectivity index (χ0) is 15.1. The summed E-state index contributed by atoms with van der Waals surface area (Å²) in [6, 6.07) is 11.1. The van der Waals surface area contributed by atoms with E-state index in [1.165, 1.54) is 4.90 Å². The number of nitrogens with zero attached hydrogens (tertiary/aromatic N) is 2. The Kier molecular flexibility index (Phi) is 5.34. The lowest BCUT2D eigenvalue weighted by Gasteiger charge is -2.14. The lowest BCUT2D eigenvalue weighted by atomic mass is 10.3.